The maximum Gasteiger partial charge on any atom is 0.315 e. The second-order valence-corrected chi connectivity index (χ2v) is 4.84. The van der Waals surface area contributed by atoms with Crippen LogP contribution in [0.25, 0.3) is 0 Å². The average molecular weight is 212 g/mol. The topological polar surface area (TPSA) is 50.4 Å². The number of hydrogen-bond donors (Lipinski definition) is 2. The van der Waals surface area contributed by atoms with E-state index in [0.29, 0.717) is 5.92 Å². The smallest absolute Gasteiger partial charge is 0.315 e. The van der Waals surface area contributed by atoms with E-state index in [1.807, 2.05) is 13.8 Å². The normalized spacial score (nSPS) is 30.6. The first-order chi connectivity index (χ1) is 7.16. The highest BCUT2D eigenvalue weighted by atomic mass is 16.5. The third-order valence-corrected chi connectivity index (χ3v) is 2.96. The van der Waals surface area contributed by atoms with E-state index in [1.165, 1.54) is 12.8 Å². The lowest BCUT2D eigenvalue weighted by molar-refractivity contribution is 0.0824. The van der Waals surface area contributed by atoms with Crippen molar-refractivity contribution in [3.05, 3.63) is 0 Å². The molecular weight excluding hydrogens is 192 g/mol. The molecule has 2 amide bonds. The monoisotopic (exact) mass is 212 g/mol. The summed E-state index contributed by atoms with van der Waals surface area (Å²) < 4.78 is 5.65. The molecule has 1 heterocycles. The summed E-state index contributed by atoms with van der Waals surface area (Å²) in [6.07, 6.45) is 3.73. The Balaban J connectivity index is 1.79. The number of rotatable bonds is 3. The Morgan fingerprint density at radius 1 is 1.33 bits per heavy atom. The zero-order valence-electron chi connectivity index (χ0n) is 9.45. The van der Waals surface area contributed by atoms with Gasteiger partial charge < -0.3 is 15.4 Å². The maximum atomic E-state index is 11.5. The van der Waals surface area contributed by atoms with E-state index in [0.717, 1.165) is 13.0 Å². The van der Waals surface area contributed by atoms with Crippen molar-refractivity contribution in [2.75, 3.05) is 6.61 Å². The number of amides is 2. The number of nitrogens with one attached hydrogen (secondary N) is 2. The van der Waals surface area contributed by atoms with Crippen LogP contribution >= 0.6 is 0 Å². The Hall–Kier alpha value is -0.770. The molecule has 86 valence electrons. The SMILES string of the molecule is CC(C)NC(=O)NC1CCOC1C1CC1. The van der Waals surface area contributed by atoms with Crippen molar-refractivity contribution in [3.63, 3.8) is 0 Å². The zero-order valence-corrected chi connectivity index (χ0v) is 9.45. The van der Waals surface area contributed by atoms with Crippen LogP contribution in [0.5, 0.6) is 0 Å². The maximum absolute atomic E-state index is 11.5. The minimum absolute atomic E-state index is 0.0637. The number of carbonyl (C=O) groups is 1. The molecule has 0 aromatic heterocycles. The van der Waals surface area contributed by atoms with Crippen LogP contribution in [0.1, 0.15) is 33.1 Å². The Morgan fingerprint density at radius 3 is 2.67 bits per heavy atom. The average Bonchev–Trinajstić information content (AvgIpc) is 2.87. The second-order valence-electron chi connectivity index (χ2n) is 4.84. The van der Waals surface area contributed by atoms with E-state index in [2.05, 4.69) is 10.6 Å². The van der Waals surface area contributed by atoms with Gasteiger partial charge in [-0.15, -0.1) is 0 Å². The third-order valence-electron chi connectivity index (χ3n) is 2.96. The van der Waals surface area contributed by atoms with Crippen molar-refractivity contribution in [2.24, 2.45) is 5.92 Å². The summed E-state index contributed by atoms with van der Waals surface area (Å²) in [6, 6.07) is 0.342. The fraction of sp³-hybridized carbons (Fsp3) is 0.909. The van der Waals surface area contributed by atoms with Gasteiger partial charge in [-0.05, 0) is 39.0 Å². The number of ether oxygens (including phenoxy) is 1. The Morgan fingerprint density at radius 2 is 2.07 bits per heavy atom. The fourth-order valence-corrected chi connectivity index (χ4v) is 2.13. The van der Waals surface area contributed by atoms with Gasteiger partial charge in [-0.2, -0.15) is 0 Å². The van der Waals surface area contributed by atoms with Gasteiger partial charge in [0, 0.05) is 12.6 Å². The van der Waals surface area contributed by atoms with Crippen LogP contribution in [0.2, 0.25) is 0 Å². The van der Waals surface area contributed by atoms with Crippen LogP contribution < -0.4 is 10.6 Å². The van der Waals surface area contributed by atoms with Gasteiger partial charge in [0.2, 0.25) is 0 Å². The van der Waals surface area contributed by atoms with Crippen molar-refractivity contribution >= 4 is 6.03 Å². The van der Waals surface area contributed by atoms with Crippen molar-refractivity contribution in [1.82, 2.24) is 10.6 Å². The van der Waals surface area contributed by atoms with Crippen LogP contribution in [0, 0.1) is 5.92 Å². The molecule has 2 rings (SSSR count). The lowest BCUT2D eigenvalue weighted by Crippen LogP contribution is -2.48. The van der Waals surface area contributed by atoms with Crippen LogP contribution in [-0.4, -0.2) is 30.8 Å². The largest absolute Gasteiger partial charge is 0.376 e. The van der Waals surface area contributed by atoms with Crippen LogP contribution in [0.3, 0.4) is 0 Å². The van der Waals surface area contributed by atoms with Crippen LogP contribution in [0.4, 0.5) is 4.79 Å². The molecule has 1 saturated heterocycles. The van der Waals surface area contributed by atoms with Gasteiger partial charge in [-0.25, -0.2) is 4.79 Å². The molecule has 4 heteroatoms. The highest BCUT2D eigenvalue weighted by Crippen LogP contribution is 2.38. The highest BCUT2D eigenvalue weighted by molar-refractivity contribution is 5.74. The first-order valence-electron chi connectivity index (χ1n) is 5.85. The van der Waals surface area contributed by atoms with Gasteiger partial charge in [0.25, 0.3) is 0 Å². The number of urea groups is 1. The van der Waals surface area contributed by atoms with Crippen molar-refractivity contribution in [1.29, 1.82) is 0 Å². The molecule has 0 bridgehead atoms. The summed E-state index contributed by atoms with van der Waals surface area (Å²) in [5, 5.41) is 5.85. The van der Waals surface area contributed by atoms with Gasteiger partial charge >= 0.3 is 6.03 Å². The van der Waals surface area contributed by atoms with E-state index in [9.17, 15) is 4.79 Å². The Kier molecular flexibility index (Phi) is 3.14. The minimum Gasteiger partial charge on any atom is -0.376 e. The molecular formula is C11H20N2O2. The minimum atomic E-state index is -0.0637. The Labute approximate surface area is 90.8 Å². The van der Waals surface area contributed by atoms with Gasteiger partial charge in [-0.1, -0.05) is 0 Å². The quantitative estimate of drug-likeness (QED) is 0.740. The summed E-state index contributed by atoms with van der Waals surface area (Å²) in [4.78, 5) is 11.5. The van der Waals surface area contributed by atoms with E-state index < -0.39 is 0 Å². The Bertz CT molecular complexity index is 239. The van der Waals surface area contributed by atoms with Gasteiger partial charge in [-0.3, -0.25) is 0 Å². The molecule has 0 aromatic rings. The van der Waals surface area contributed by atoms with E-state index >= 15 is 0 Å². The third kappa shape index (κ3) is 2.84. The molecule has 4 nitrogen and oxygen atoms in total. The van der Waals surface area contributed by atoms with E-state index in [-0.39, 0.29) is 24.2 Å². The molecule has 1 saturated carbocycles. The molecule has 2 fully saturated rings. The summed E-state index contributed by atoms with van der Waals surface area (Å²) in [5.74, 6) is 0.692. The molecule has 2 unspecified atom stereocenters. The molecule has 2 N–H and O–H groups in total. The summed E-state index contributed by atoms with van der Waals surface area (Å²) in [6.45, 7) is 4.71. The number of carbonyl (C=O) groups excluding carboxylic acids is 1. The van der Waals surface area contributed by atoms with E-state index in [1.54, 1.807) is 0 Å². The molecule has 2 aliphatic rings. The summed E-state index contributed by atoms with van der Waals surface area (Å²) in [7, 11) is 0. The van der Waals surface area contributed by atoms with Gasteiger partial charge in [0.1, 0.15) is 0 Å². The highest BCUT2D eigenvalue weighted by Gasteiger charge is 2.41. The zero-order chi connectivity index (χ0) is 10.8. The lowest BCUT2D eigenvalue weighted by Gasteiger charge is -2.20. The first kappa shape index (κ1) is 10.7. The van der Waals surface area contributed by atoms with Gasteiger partial charge in [0.05, 0.1) is 12.1 Å². The molecule has 0 radical (unpaired) electrons. The molecule has 1 aliphatic heterocycles. The number of hydrogen-bond acceptors (Lipinski definition) is 2. The molecule has 0 spiro atoms. The van der Waals surface area contributed by atoms with Crippen molar-refractivity contribution in [2.45, 2.75) is 51.3 Å². The standard InChI is InChI=1S/C11H20N2O2/c1-7(2)12-11(14)13-9-5-6-15-10(9)8-3-4-8/h7-10H,3-6H2,1-2H3,(H2,12,13,14). The summed E-state index contributed by atoms with van der Waals surface area (Å²) in [5.41, 5.74) is 0. The van der Waals surface area contributed by atoms with Crippen molar-refractivity contribution < 1.29 is 9.53 Å². The predicted molar refractivity (Wildman–Crippen MR) is 57.7 cm³/mol. The molecule has 1 aliphatic carbocycles. The molecule has 2 atom stereocenters. The molecule has 0 aromatic carbocycles. The molecule has 15 heavy (non-hydrogen) atoms. The fourth-order valence-electron chi connectivity index (χ4n) is 2.13. The van der Waals surface area contributed by atoms with Gasteiger partial charge in [0.15, 0.2) is 0 Å². The second kappa shape index (κ2) is 4.39. The van der Waals surface area contributed by atoms with Crippen molar-refractivity contribution in [3.8, 4) is 0 Å². The summed E-state index contributed by atoms with van der Waals surface area (Å²) >= 11 is 0. The van der Waals surface area contributed by atoms with Crippen LogP contribution in [-0.2, 0) is 4.74 Å². The first-order valence-corrected chi connectivity index (χ1v) is 5.85. The predicted octanol–water partition coefficient (Wildman–Crippen LogP) is 1.26. The lowest BCUT2D eigenvalue weighted by atomic mass is 10.1. The van der Waals surface area contributed by atoms with E-state index in [4.69, 9.17) is 4.74 Å². The van der Waals surface area contributed by atoms with Crippen LogP contribution in [0.15, 0.2) is 0 Å².